The van der Waals surface area contributed by atoms with E-state index in [2.05, 4.69) is 18.7 Å². The first-order valence-electron chi connectivity index (χ1n) is 9.58. The number of nitrogens with zero attached hydrogens (tertiary/aromatic N) is 1. The number of rotatable bonds is 12. The highest BCUT2D eigenvalue weighted by atomic mass is 16.5. The number of likely N-dealkylation sites (tertiary alicyclic amines) is 1. The van der Waals surface area contributed by atoms with Crippen molar-refractivity contribution in [1.29, 1.82) is 0 Å². The van der Waals surface area contributed by atoms with Gasteiger partial charge in [-0.1, -0.05) is 0 Å². The lowest BCUT2D eigenvalue weighted by Gasteiger charge is -2.44. The fraction of sp³-hybridized carbons (Fsp3) is 1.00. The minimum atomic E-state index is 0.348. The normalized spacial score (nSPS) is 27.9. The van der Waals surface area contributed by atoms with Gasteiger partial charge < -0.3 is 19.1 Å². The molecule has 2 aliphatic rings. The molecule has 136 valence electrons. The van der Waals surface area contributed by atoms with Crippen LogP contribution >= 0.6 is 0 Å². The molecule has 2 rings (SSSR count). The van der Waals surface area contributed by atoms with Crippen molar-refractivity contribution in [1.82, 2.24) is 4.90 Å². The minimum absolute atomic E-state index is 0.348. The SMILES string of the molecule is COC1CC2(CCN(CCCCOCCCCOC(C)C)C2)C1. The molecule has 0 radical (unpaired) electrons. The molecule has 2 fully saturated rings. The van der Waals surface area contributed by atoms with Crippen molar-refractivity contribution in [2.45, 2.75) is 71.0 Å². The summed E-state index contributed by atoms with van der Waals surface area (Å²) in [5.74, 6) is 0. The van der Waals surface area contributed by atoms with Crippen LogP contribution in [0.25, 0.3) is 0 Å². The average molecular weight is 328 g/mol. The maximum Gasteiger partial charge on any atom is 0.0583 e. The summed E-state index contributed by atoms with van der Waals surface area (Å²) in [7, 11) is 1.85. The zero-order valence-corrected chi connectivity index (χ0v) is 15.5. The molecule has 1 saturated carbocycles. The lowest BCUT2D eigenvalue weighted by molar-refractivity contribution is -0.0533. The zero-order valence-electron chi connectivity index (χ0n) is 15.5. The largest absolute Gasteiger partial charge is 0.381 e. The number of unbranched alkanes of at least 4 members (excludes halogenated alkanes) is 2. The second-order valence-electron chi connectivity index (χ2n) is 7.74. The molecule has 0 aromatic carbocycles. The van der Waals surface area contributed by atoms with Crippen LogP contribution in [0.3, 0.4) is 0 Å². The van der Waals surface area contributed by atoms with Crippen LogP contribution in [0.4, 0.5) is 0 Å². The Bertz CT molecular complexity index is 316. The molecule has 0 bridgehead atoms. The van der Waals surface area contributed by atoms with E-state index in [0.717, 1.165) is 32.7 Å². The Morgan fingerprint density at radius 1 is 1.04 bits per heavy atom. The Morgan fingerprint density at radius 2 is 1.74 bits per heavy atom. The Kier molecular flexibility index (Phi) is 8.31. The lowest BCUT2D eigenvalue weighted by Crippen LogP contribution is -2.43. The fourth-order valence-corrected chi connectivity index (χ4v) is 3.89. The second kappa shape index (κ2) is 9.97. The first kappa shape index (κ1) is 19.2. The van der Waals surface area contributed by atoms with Gasteiger partial charge in [0.15, 0.2) is 0 Å². The summed E-state index contributed by atoms with van der Waals surface area (Å²) in [4.78, 5) is 2.65. The van der Waals surface area contributed by atoms with Gasteiger partial charge >= 0.3 is 0 Å². The zero-order chi connectivity index (χ0) is 16.5. The molecule has 0 N–H and O–H groups in total. The number of ether oxygens (including phenoxy) is 3. The molecule has 4 nitrogen and oxygen atoms in total. The van der Waals surface area contributed by atoms with E-state index in [1.165, 1.54) is 51.7 Å². The fourth-order valence-electron chi connectivity index (χ4n) is 3.89. The Morgan fingerprint density at radius 3 is 2.43 bits per heavy atom. The summed E-state index contributed by atoms with van der Waals surface area (Å²) >= 11 is 0. The number of methoxy groups -OCH3 is 1. The van der Waals surface area contributed by atoms with E-state index in [4.69, 9.17) is 14.2 Å². The first-order valence-corrected chi connectivity index (χ1v) is 9.58. The third-order valence-corrected chi connectivity index (χ3v) is 5.32. The molecule has 0 unspecified atom stereocenters. The summed E-state index contributed by atoms with van der Waals surface area (Å²) in [5.41, 5.74) is 0.606. The van der Waals surface area contributed by atoms with Crippen LogP contribution in [0.1, 0.15) is 58.8 Å². The number of hydrogen-bond donors (Lipinski definition) is 0. The molecule has 1 aliphatic carbocycles. The molecule has 0 atom stereocenters. The van der Waals surface area contributed by atoms with Crippen molar-refractivity contribution in [2.75, 3.05) is 46.6 Å². The van der Waals surface area contributed by atoms with Crippen LogP contribution in [0.2, 0.25) is 0 Å². The van der Waals surface area contributed by atoms with Crippen molar-refractivity contribution in [2.24, 2.45) is 5.41 Å². The van der Waals surface area contributed by atoms with Crippen molar-refractivity contribution in [3.8, 4) is 0 Å². The summed E-state index contributed by atoms with van der Waals surface area (Å²) in [6.07, 6.45) is 9.50. The van der Waals surface area contributed by atoms with Crippen molar-refractivity contribution in [3.63, 3.8) is 0 Å². The second-order valence-corrected chi connectivity index (χ2v) is 7.74. The van der Waals surface area contributed by atoms with Crippen LogP contribution in [-0.2, 0) is 14.2 Å². The average Bonchev–Trinajstić information content (AvgIpc) is 2.91. The highest BCUT2D eigenvalue weighted by Crippen LogP contribution is 2.49. The van der Waals surface area contributed by atoms with E-state index in [-0.39, 0.29) is 0 Å². The first-order chi connectivity index (χ1) is 11.1. The van der Waals surface area contributed by atoms with Gasteiger partial charge in [0.05, 0.1) is 12.2 Å². The summed E-state index contributed by atoms with van der Waals surface area (Å²) in [6.45, 7) is 10.6. The molecule has 1 heterocycles. The monoisotopic (exact) mass is 327 g/mol. The van der Waals surface area contributed by atoms with Crippen LogP contribution in [0.15, 0.2) is 0 Å². The molecule has 0 aromatic heterocycles. The maximum absolute atomic E-state index is 5.72. The lowest BCUT2D eigenvalue weighted by atomic mass is 9.66. The Labute approximate surface area is 142 Å². The van der Waals surface area contributed by atoms with Gasteiger partial charge in [-0.25, -0.2) is 0 Å². The van der Waals surface area contributed by atoms with E-state index in [1.807, 2.05) is 7.11 Å². The van der Waals surface area contributed by atoms with Gasteiger partial charge in [-0.15, -0.1) is 0 Å². The van der Waals surface area contributed by atoms with E-state index in [9.17, 15) is 0 Å². The van der Waals surface area contributed by atoms with Crippen LogP contribution in [0, 0.1) is 5.41 Å². The highest BCUT2D eigenvalue weighted by Gasteiger charge is 2.48. The molecule has 1 spiro atoms. The topological polar surface area (TPSA) is 30.9 Å². The van der Waals surface area contributed by atoms with E-state index in [0.29, 0.717) is 17.6 Å². The predicted octanol–water partition coefficient (Wildman–Crippen LogP) is 3.49. The molecule has 0 aromatic rings. The molecule has 1 saturated heterocycles. The molecule has 0 amide bonds. The van der Waals surface area contributed by atoms with Gasteiger partial charge in [0.25, 0.3) is 0 Å². The Balaban J connectivity index is 1.36. The quantitative estimate of drug-likeness (QED) is 0.513. The van der Waals surface area contributed by atoms with E-state index in [1.54, 1.807) is 0 Å². The maximum atomic E-state index is 5.72. The van der Waals surface area contributed by atoms with Gasteiger partial charge in [0.2, 0.25) is 0 Å². The molecular formula is C19H37NO3. The third-order valence-electron chi connectivity index (χ3n) is 5.32. The van der Waals surface area contributed by atoms with Gasteiger partial charge in [-0.05, 0) is 77.3 Å². The van der Waals surface area contributed by atoms with Gasteiger partial charge in [0, 0.05) is 33.5 Å². The van der Waals surface area contributed by atoms with Gasteiger partial charge in [-0.2, -0.15) is 0 Å². The molecule has 1 aliphatic heterocycles. The standard InChI is InChI=1S/C19H37NO3/c1-17(2)23-13-7-6-12-22-11-5-4-9-20-10-8-19(16-20)14-18(15-19)21-3/h17-18H,4-16H2,1-3H3. The van der Waals surface area contributed by atoms with Gasteiger partial charge in [0.1, 0.15) is 0 Å². The van der Waals surface area contributed by atoms with Gasteiger partial charge in [-0.3, -0.25) is 0 Å². The summed E-state index contributed by atoms with van der Waals surface area (Å²) in [5, 5.41) is 0. The van der Waals surface area contributed by atoms with E-state index >= 15 is 0 Å². The smallest absolute Gasteiger partial charge is 0.0583 e. The van der Waals surface area contributed by atoms with Crippen molar-refractivity contribution >= 4 is 0 Å². The third kappa shape index (κ3) is 6.69. The van der Waals surface area contributed by atoms with Crippen LogP contribution < -0.4 is 0 Å². The molecule has 4 heteroatoms. The predicted molar refractivity (Wildman–Crippen MR) is 93.9 cm³/mol. The summed E-state index contributed by atoms with van der Waals surface area (Å²) in [6, 6.07) is 0. The van der Waals surface area contributed by atoms with Crippen LogP contribution in [0.5, 0.6) is 0 Å². The number of hydrogen-bond acceptors (Lipinski definition) is 4. The van der Waals surface area contributed by atoms with Crippen molar-refractivity contribution in [3.05, 3.63) is 0 Å². The molecule has 23 heavy (non-hydrogen) atoms. The van der Waals surface area contributed by atoms with Crippen molar-refractivity contribution < 1.29 is 14.2 Å². The van der Waals surface area contributed by atoms with Crippen LogP contribution in [-0.4, -0.2) is 63.7 Å². The van der Waals surface area contributed by atoms with E-state index < -0.39 is 0 Å². The highest BCUT2D eigenvalue weighted by molar-refractivity contribution is 5.00. The Hall–Kier alpha value is -0.160. The summed E-state index contributed by atoms with van der Waals surface area (Å²) < 4.78 is 16.7. The minimum Gasteiger partial charge on any atom is -0.381 e. The molecular weight excluding hydrogens is 290 g/mol.